The molecule has 1 amide bonds. The average molecular weight is 371 g/mol. The quantitative estimate of drug-likeness (QED) is 0.689. The van der Waals surface area contributed by atoms with Crippen molar-refractivity contribution in [3.05, 3.63) is 70.1 Å². The van der Waals surface area contributed by atoms with Gasteiger partial charge in [0.05, 0.1) is 17.9 Å². The van der Waals surface area contributed by atoms with Crippen molar-refractivity contribution >= 4 is 17.2 Å². The van der Waals surface area contributed by atoms with Gasteiger partial charge in [-0.2, -0.15) is 0 Å². The number of hydrogen-bond acceptors (Lipinski definition) is 5. The van der Waals surface area contributed by atoms with Gasteiger partial charge in [0, 0.05) is 13.0 Å². The number of nitrogens with zero attached hydrogens (tertiary/aromatic N) is 3. The van der Waals surface area contributed by atoms with Gasteiger partial charge in [-0.1, -0.05) is 12.1 Å². The number of carbonyl (C=O) groups is 1. The largest absolute Gasteiger partial charge is 0.443 e. The monoisotopic (exact) mass is 371 g/mol. The van der Waals surface area contributed by atoms with Crippen LogP contribution in [0, 0.1) is 5.82 Å². The third kappa shape index (κ3) is 3.53. The summed E-state index contributed by atoms with van der Waals surface area (Å²) in [6, 6.07) is 6.18. The van der Waals surface area contributed by atoms with Crippen molar-refractivity contribution in [1.82, 2.24) is 14.9 Å². The predicted octanol–water partition coefficient (Wildman–Crippen LogP) is 4.23. The molecular formula is C19H18FN3O2S. The normalized spacial score (nSPS) is 17.4. The fraction of sp³-hybridized carbons (Fsp3) is 0.316. The molecule has 26 heavy (non-hydrogen) atoms. The summed E-state index contributed by atoms with van der Waals surface area (Å²) in [7, 11) is 0. The van der Waals surface area contributed by atoms with Crippen LogP contribution < -0.4 is 0 Å². The topological polar surface area (TPSA) is 59.2 Å². The maximum Gasteiger partial charge on any atom is 0.266 e. The predicted molar refractivity (Wildman–Crippen MR) is 95.5 cm³/mol. The van der Waals surface area contributed by atoms with E-state index in [1.165, 1.54) is 23.5 Å². The van der Waals surface area contributed by atoms with Crippen molar-refractivity contribution in [1.29, 1.82) is 0 Å². The van der Waals surface area contributed by atoms with Crippen LogP contribution in [-0.4, -0.2) is 27.3 Å². The van der Waals surface area contributed by atoms with E-state index >= 15 is 0 Å². The van der Waals surface area contributed by atoms with E-state index in [0.29, 0.717) is 29.5 Å². The van der Waals surface area contributed by atoms with Crippen molar-refractivity contribution in [2.45, 2.75) is 31.7 Å². The fourth-order valence-electron chi connectivity index (χ4n) is 3.26. The number of amides is 1. The molecule has 1 fully saturated rings. The maximum absolute atomic E-state index is 13.0. The molecule has 0 aliphatic carbocycles. The Kier molecular flexibility index (Phi) is 4.79. The zero-order valence-corrected chi connectivity index (χ0v) is 14.9. The highest BCUT2D eigenvalue weighted by Crippen LogP contribution is 2.32. The third-order valence-electron chi connectivity index (χ3n) is 4.55. The lowest BCUT2D eigenvalue weighted by Gasteiger charge is -2.33. The molecule has 1 unspecified atom stereocenters. The van der Waals surface area contributed by atoms with Crippen LogP contribution in [0.2, 0.25) is 0 Å². The van der Waals surface area contributed by atoms with Crippen LogP contribution >= 0.6 is 11.3 Å². The van der Waals surface area contributed by atoms with Crippen molar-refractivity contribution in [2.75, 3.05) is 6.54 Å². The minimum Gasteiger partial charge on any atom is -0.443 e. The molecule has 1 saturated heterocycles. The number of oxazole rings is 1. The van der Waals surface area contributed by atoms with E-state index < -0.39 is 0 Å². The van der Waals surface area contributed by atoms with Gasteiger partial charge in [-0.05, 0) is 37.0 Å². The number of piperidine rings is 1. The zero-order chi connectivity index (χ0) is 17.9. The molecule has 0 bridgehead atoms. The Hall–Kier alpha value is -2.54. The molecule has 1 aromatic carbocycles. The number of hydrogen-bond donors (Lipinski definition) is 0. The van der Waals surface area contributed by atoms with Gasteiger partial charge in [0.25, 0.3) is 5.91 Å². The summed E-state index contributed by atoms with van der Waals surface area (Å²) in [5, 5.41) is 0. The third-order valence-corrected chi connectivity index (χ3v) is 5.32. The number of thiazole rings is 1. The summed E-state index contributed by atoms with van der Waals surface area (Å²) in [5.41, 5.74) is 2.62. The van der Waals surface area contributed by atoms with Crippen LogP contribution in [0.15, 0.2) is 46.6 Å². The van der Waals surface area contributed by atoms with Gasteiger partial charge in [0.1, 0.15) is 22.5 Å². The Balaban J connectivity index is 1.52. The summed E-state index contributed by atoms with van der Waals surface area (Å²) >= 11 is 1.35. The summed E-state index contributed by atoms with van der Waals surface area (Å²) in [4.78, 5) is 23.7. The van der Waals surface area contributed by atoms with Gasteiger partial charge in [0.2, 0.25) is 5.89 Å². The molecule has 1 atom stereocenters. The van der Waals surface area contributed by atoms with E-state index in [0.717, 1.165) is 24.8 Å². The van der Waals surface area contributed by atoms with Gasteiger partial charge < -0.3 is 9.32 Å². The molecule has 3 heterocycles. The molecule has 0 N–H and O–H groups in total. The van der Waals surface area contributed by atoms with Gasteiger partial charge in [-0.15, -0.1) is 11.3 Å². The molecule has 0 radical (unpaired) electrons. The molecule has 1 aliphatic rings. The molecular weight excluding hydrogens is 353 g/mol. The second kappa shape index (κ2) is 7.37. The number of rotatable bonds is 4. The number of likely N-dealkylation sites (tertiary alicyclic amines) is 1. The van der Waals surface area contributed by atoms with Gasteiger partial charge in [0.15, 0.2) is 0 Å². The van der Waals surface area contributed by atoms with Gasteiger partial charge >= 0.3 is 0 Å². The highest BCUT2D eigenvalue weighted by Gasteiger charge is 2.32. The molecule has 134 valence electrons. The van der Waals surface area contributed by atoms with E-state index in [2.05, 4.69) is 9.97 Å². The molecule has 2 aromatic heterocycles. The second-order valence-electron chi connectivity index (χ2n) is 6.34. The molecule has 0 saturated carbocycles. The Morgan fingerprint density at radius 2 is 2.12 bits per heavy atom. The highest BCUT2D eigenvalue weighted by molar-refractivity contribution is 7.11. The van der Waals surface area contributed by atoms with Crippen molar-refractivity contribution in [2.24, 2.45) is 0 Å². The van der Waals surface area contributed by atoms with E-state index in [-0.39, 0.29) is 17.8 Å². The summed E-state index contributed by atoms with van der Waals surface area (Å²) in [6.07, 6.45) is 6.69. The number of halogens is 1. The molecule has 0 spiro atoms. The fourth-order valence-corrected chi connectivity index (χ4v) is 3.83. The smallest absolute Gasteiger partial charge is 0.266 e. The van der Waals surface area contributed by atoms with Crippen LogP contribution in [0.1, 0.15) is 52.2 Å². The Labute approximate surface area is 154 Å². The van der Waals surface area contributed by atoms with Gasteiger partial charge in [-0.25, -0.2) is 9.37 Å². The Bertz CT molecular complexity index is 877. The van der Waals surface area contributed by atoms with Crippen molar-refractivity contribution < 1.29 is 13.6 Å². The second-order valence-corrected chi connectivity index (χ2v) is 7.23. The molecule has 7 heteroatoms. The maximum atomic E-state index is 13.0. The van der Waals surface area contributed by atoms with E-state index in [1.54, 1.807) is 30.0 Å². The molecule has 1 aliphatic heterocycles. The first kappa shape index (κ1) is 16.9. The highest BCUT2D eigenvalue weighted by atomic mass is 32.1. The van der Waals surface area contributed by atoms with E-state index in [1.807, 2.05) is 4.90 Å². The Morgan fingerprint density at radius 3 is 2.88 bits per heavy atom. The first-order valence-electron chi connectivity index (χ1n) is 8.59. The number of aromatic nitrogens is 2. The lowest BCUT2D eigenvalue weighted by molar-refractivity contribution is 0.0575. The minimum atomic E-state index is -0.258. The van der Waals surface area contributed by atoms with Crippen LogP contribution in [0.5, 0.6) is 0 Å². The van der Waals surface area contributed by atoms with Gasteiger partial charge in [-0.3, -0.25) is 9.78 Å². The van der Waals surface area contributed by atoms with Crippen LogP contribution in [0.3, 0.4) is 0 Å². The molecule has 4 rings (SSSR count). The average Bonchev–Trinajstić information content (AvgIpc) is 3.35. The summed E-state index contributed by atoms with van der Waals surface area (Å²) in [6.45, 7) is 0.692. The first-order valence-corrected chi connectivity index (χ1v) is 9.47. The number of carbonyl (C=O) groups excluding carboxylic acids is 1. The van der Waals surface area contributed by atoms with E-state index in [4.69, 9.17) is 4.42 Å². The van der Waals surface area contributed by atoms with Crippen LogP contribution in [-0.2, 0) is 6.42 Å². The number of benzene rings is 1. The Morgan fingerprint density at radius 1 is 1.27 bits per heavy atom. The summed E-state index contributed by atoms with van der Waals surface area (Å²) in [5.74, 6) is 1.00. The minimum absolute atomic E-state index is 0.0181. The standard InChI is InChI=1S/C19H18FN3O2S/c20-14-6-4-13(5-7-14)9-15-10-22-18(25-15)16-3-1-2-8-23(16)19(24)17-11-21-12-26-17/h4-7,10-12,16H,1-3,8-9H2. The van der Waals surface area contributed by atoms with Crippen LogP contribution in [0.25, 0.3) is 0 Å². The molecule has 3 aromatic rings. The summed E-state index contributed by atoms with van der Waals surface area (Å²) < 4.78 is 19.0. The lowest BCUT2D eigenvalue weighted by Crippen LogP contribution is -2.38. The molecule has 5 nitrogen and oxygen atoms in total. The van der Waals surface area contributed by atoms with Crippen molar-refractivity contribution in [3.8, 4) is 0 Å². The SMILES string of the molecule is O=C(c1cncs1)N1CCCCC1c1ncc(Cc2ccc(F)cc2)o1. The zero-order valence-electron chi connectivity index (χ0n) is 14.1. The van der Waals surface area contributed by atoms with Crippen LogP contribution in [0.4, 0.5) is 4.39 Å². The van der Waals surface area contributed by atoms with E-state index in [9.17, 15) is 9.18 Å². The lowest BCUT2D eigenvalue weighted by atomic mass is 10.0. The first-order chi connectivity index (χ1) is 12.7. The van der Waals surface area contributed by atoms with Crippen molar-refractivity contribution in [3.63, 3.8) is 0 Å².